The molecule has 1 aromatic heterocycles. The van der Waals surface area contributed by atoms with E-state index in [9.17, 15) is 0 Å². The van der Waals surface area contributed by atoms with Crippen LogP contribution in [0, 0.1) is 0 Å². The molecule has 0 aliphatic heterocycles. The first-order chi connectivity index (χ1) is 6.36. The smallest absolute Gasteiger partial charge is 0.133 e. The lowest BCUT2D eigenvalue weighted by atomic mass is 9.93. The SMILES string of the molecule is Clc1ncccc1CNC1CCC1. The van der Waals surface area contributed by atoms with Crippen molar-refractivity contribution in [3.8, 4) is 0 Å². The van der Waals surface area contributed by atoms with Crippen molar-refractivity contribution in [2.45, 2.75) is 31.8 Å². The first-order valence-corrected chi connectivity index (χ1v) is 5.07. The van der Waals surface area contributed by atoms with Crippen molar-refractivity contribution in [3.05, 3.63) is 29.0 Å². The molecule has 0 saturated heterocycles. The van der Waals surface area contributed by atoms with E-state index in [0.29, 0.717) is 11.2 Å². The molecule has 1 aliphatic rings. The summed E-state index contributed by atoms with van der Waals surface area (Å²) in [5.74, 6) is 0. The molecule has 0 spiro atoms. The van der Waals surface area contributed by atoms with E-state index in [2.05, 4.69) is 10.3 Å². The molecule has 0 aromatic carbocycles. The van der Waals surface area contributed by atoms with E-state index in [1.165, 1.54) is 19.3 Å². The Balaban J connectivity index is 1.89. The van der Waals surface area contributed by atoms with Crippen LogP contribution in [0.4, 0.5) is 0 Å². The third kappa shape index (κ3) is 2.20. The highest BCUT2D eigenvalue weighted by atomic mass is 35.5. The number of aromatic nitrogens is 1. The van der Waals surface area contributed by atoms with E-state index in [1.54, 1.807) is 6.20 Å². The van der Waals surface area contributed by atoms with Crippen LogP contribution in [0.25, 0.3) is 0 Å². The molecule has 0 radical (unpaired) electrons. The summed E-state index contributed by atoms with van der Waals surface area (Å²) in [4.78, 5) is 4.03. The second-order valence-corrected chi connectivity index (χ2v) is 3.82. The average molecular weight is 197 g/mol. The fourth-order valence-electron chi connectivity index (χ4n) is 1.42. The summed E-state index contributed by atoms with van der Waals surface area (Å²) in [5.41, 5.74) is 1.09. The van der Waals surface area contributed by atoms with Crippen LogP contribution in [0.3, 0.4) is 0 Å². The largest absolute Gasteiger partial charge is 0.310 e. The Morgan fingerprint density at radius 2 is 2.38 bits per heavy atom. The zero-order chi connectivity index (χ0) is 9.10. The van der Waals surface area contributed by atoms with Crippen molar-refractivity contribution in [2.24, 2.45) is 0 Å². The normalized spacial score (nSPS) is 17.0. The van der Waals surface area contributed by atoms with Gasteiger partial charge in [-0.05, 0) is 18.9 Å². The van der Waals surface area contributed by atoms with Gasteiger partial charge in [0.1, 0.15) is 5.15 Å². The number of hydrogen-bond acceptors (Lipinski definition) is 2. The van der Waals surface area contributed by atoms with Crippen LogP contribution in [0.1, 0.15) is 24.8 Å². The summed E-state index contributed by atoms with van der Waals surface area (Å²) in [6.45, 7) is 0.845. The summed E-state index contributed by atoms with van der Waals surface area (Å²) >= 11 is 5.92. The van der Waals surface area contributed by atoms with Crippen LogP contribution in [0.15, 0.2) is 18.3 Å². The number of pyridine rings is 1. The molecule has 1 heterocycles. The van der Waals surface area contributed by atoms with E-state index in [1.807, 2.05) is 12.1 Å². The zero-order valence-corrected chi connectivity index (χ0v) is 8.22. The standard InChI is InChI=1S/C10H13ClN2/c11-10-8(3-2-6-12-10)7-13-9-4-1-5-9/h2-3,6,9,13H,1,4-5,7H2. The van der Waals surface area contributed by atoms with Crippen molar-refractivity contribution in [1.82, 2.24) is 10.3 Å². The molecule has 3 heteroatoms. The first-order valence-electron chi connectivity index (χ1n) is 4.69. The summed E-state index contributed by atoms with van der Waals surface area (Å²) < 4.78 is 0. The van der Waals surface area contributed by atoms with Gasteiger partial charge in [-0.1, -0.05) is 24.1 Å². The van der Waals surface area contributed by atoms with Gasteiger partial charge in [0.2, 0.25) is 0 Å². The molecule has 1 N–H and O–H groups in total. The van der Waals surface area contributed by atoms with Gasteiger partial charge in [-0.15, -0.1) is 0 Å². The van der Waals surface area contributed by atoms with Gasteiger partial charge in [0.05, 0.1) is 0 Å². The predicted octanol–water partition coefficient (Wildman–Crippen LogP) is 2.38. The molecule has 1 fully saturated rings. The second kappa shape index (κ2) is 4.07. The highest BCUT2D eigenvalue weighted by Gasteiger charge is 2.16. The monoisotopic (exact) mass is 196 g/mol. The number of rotatable bonds is 3. The molecule has 0 amide bonds. The summed E-state index contributed by atoms with van der Waals surface area (Å²) in [7, 11) is 0. The Morgan fingerprint density at radius 1 is 1.54 bits per heavy atom. The van der Waals surface area contributed by atoms with E-state index in [4.69, 9.17) is 11.6 Å². The Bertz CT molecular complexity index is 284. The average Bonchev–Trinajstić information content (AvgIpc) is 2.05. The summed E-state index contributed by atoms with van der Waals surface area (Å²) in [5, 5.41) is 4.07. The van der Waals surface area contributed by atoms with Crippen LogP contribution in [-0.4, -0.2) is 11.0 Å². The maximum absolute atomic E-state index is 5.92. The molecular weight excluding hydrogens is 184 g/mol. The number of hydrogen-bond donors (Lipinski definition) is 1. The fraction of sp³-hybridized carbons (Fsp3) is 0.500. The molecule has 70 valence electrons. The second-order valence-electron chi connectivity index (χ2n) is 3.46. The minimum absolute atomic E-state index is 0.620. The van der Waals surface area contributed by atoms with Crippen LogP contribution in [0.5, 0.6) is 0 Å². The lowest BCUT2D eigenvalue weighted by Gasteiger charge is -2.26. The van der Waals surface area contributed by atoms with Gasteiger partial charge in [0.15, 0.2) is 0 Å². The molecule has 0 bridgehead atoms. The maximum Gasteiger partial charge on any atom is 0.133 e. The zero-order valence-electron chi connectivity index (χ0n) is 7.46. The van der Waals surface area contributed by atoms with E-state index in [0.717, 1.165) is 12.1 Å². The molecule has 1 saturated carbocycles. The molecule has 2 nitrogen and oxygen atoms in total. The Labute approximate surface area is 83.3 Å². The third-order valence-electron chi connectivity index (χ3n) is 2.52. The first kappa shape index (κ1) is 8.97. The van der Waals surface area contributed by atoms with Crippen LogP contribution in [0.2, 0.25) is 5.15 Å². The van der Waals surface area contributed by atoms with Gasteiger partial charge in [-0.3, -0.25) is 0 Å². The van der Waals surface area contributed by atoms with Crippen LogP contribution < -0.4 is 5.32 Å². The van der Waals surface area contributed by atoms with Gasteiger partial charge in [-0.25, -0.2) is 4.98 Å². The fourth-order valence-corrected chi connectivity index (χ4v) is 1.60. The molecule has 0 unspecified atom stereocenters. The quantitative estimate of drug-likeness (QED) is 0.751. The number of nitrogens with one attached hydrogen (secondary N) is 1. The summed E-state index contributed by atoms with van der Waals surface area (Å²) in [6, 6.07) is 4.64. The summed E-state index contributed by atoms with van der Waals surface area (Å²) in [6.07, 6.45) is 5.68. The van der Waals surface area contributed by atoms with Crippen molar-refractivity contribution in [2.75, 3.05) is 0 Å². The minimum atomic E-state index is 0.620. The molecular formula is C10H13ClN2. The number of nitrogens with zero attached hydrogens (tertiary/aromatic N) is 1. The topological polar surface area (TPSA) is 24.9 Å². The maximum atomic E-state index is 5.92. The molecule has 1 aliphatic carbocycles. The molecule has 2 rings (SSSR count). The molecule has 13 heavy (non-hydrogen) atoms. The van der Waals surface area contributed by atoms with Gasteiger partial charge in [-0.2, -0.15) is 0 Å². The van der Waals surface area contributed by atoms with E-state index < -0.39 is 0 Å². The Hall–Kier alpha value is -0.600. The number of halogens is 1. The van der Waals surface area contributed by atoms with Crippen LogP contribution >= 0.6 is 11.6 Å². The van der Waals surface area contributed by atoms with Crippen molar-refractivity contribution in [1.29, 1.82) is 0 Å². The van der Waals surface area contributed by atoms with Gasteiger partial charge in [0.25, 0.3) is 0 Å². The third-order valence-corrected chi connectivity index (χ3v) is 2.86. The molecule has 0 atom stereocenters. The van der Waals surface area contributed by atoms with Crippen molar-refractivity contribution < 1.29 is 0 Å². The van der Waals surface area contributed by atoms with Gasteiger partial charge in [0, 0.05) is 24.3 Å². The van der Waals surface area contributed by atoms with Crippen molar-refractivity contribution >= 4 is 11.6 Å². The Morgan fingerprint density at radius 3 is 3.00 bits per heavy atom. The van der Waals surface area contributed by atoms with Gasteiger partial charge < -0.3 is 5.32 Å². The van der Waals surface area contributed by atoms with Gasteiger partial charge >= 0.3 is 0 Å². The van der Waals surface area contributed by atoms with Crippen molar-refractivity contribution in [3.63, 3.8) is 0 Å². The van der Waals surface area contributed by atoms with E-state index in [-0.39, 0.29) is 0 Å². The van der Waals surface area contributed by atoms with Crippen LogP contribution in [-0.2, 0) is 6.54 Å². The lowest BCUT2D eigenvalue weighted by Crippen LogP contribution is -2.34. The highest BCUT2D eigenvalue weighted by molar-refractivity contribution is 6.30. The molecule has 1 aromatic rings. The van der Waals surface area contributed by atoms with E-state index >= 15 is 0 Å². The Kier molecular flexibility index (Phi) is 2.81. The minimum Gasteiger partial charge on any atom is -0.310 e. The predicted molar refractivity (Wildman–Crippen MR) is 53.7 cm³/mol. The lowest BCUT2D eigenvalue weighted by molar-refractivity contribution is 0.338. The highest BCUT2D eigenvalue weighted by Crippen LogP contribution is 2.19.